The SMILES string of the molecule is CCCC1CC(NCC2CC2)CN(C2CC2)C1. The maximum atomic E-state index is 3.84. The molecule has 2 atom stereocenters. The van der Waals surface area contributed by atoms with Crippen LogP contribution in [0.1, 0.15) is 51.9 Å². The summed E-state index contributed by atoms with van der Waals surface area (Å²) in [4.78, 5) is 2.79. The Morgan fingerprint density at radius 2 is 1.88 bits per heavy atom. The van der Waals surface area contributed by atoms with Gasteiger partial charge in [-0.3, -0.25) is 4.90 Å². The molecule has 3 rings (SSSR count). The van der Waals surface area contributed by atoms with Gasteiger partial charge in [-0.25, -0.2) is 0 Å². The lowest BCUT2D eigenvalue weighted by atomic mass is 9.90. The van der Waals surface area contributed by atoms with Crippen molar-refractivity contribution in [3.05, 3.63) is 0 Å². The van der Waals surface area contributed by atoms with Crippen molar-refractivity contribution in [3.8, 4) is 0 Å². The van der Waals surface area contributed by atoms with E-state index in [2.05, 4.69) is 17.1 Å². The third kappa shape index (κ3) is 3.45. The summed E-state index contributed by atoms with van der Waals surface area (Å²) in [6.07, 6.45) is 10.1. The zero-order valence-corrected chi connectivity index (χ0v) is 11.3. The number of likely N-dealkylation sites (tertiary alicyclic amines) is 1. The molecular weight excluding hydrogens is 208 g/mol. The van der Waals surface area contributed by atoms with Crippen LogP contribution in [0.2, 0.25) is 0 Å². The van der Waals surface area contributed by atoms with Crippen molar-refractivity contribution in [1.82, 2.24) is 10.2 Å². The van der Waals surface area contributed by atoms with Crippen molar-refractivity contribution in [2.24, 2.45) is 11.8 Å². The molecule has 1 N–H and O–H groups in total. The first-order chi connectivity index (χ1) is 8.35. The molecule has 0 aromatic carbocycles. The van der Waals surface area contributed by atoms with Gasteiger partial charge in [0.25, 0.3) is 0 Å². The lowest BCUT2D eigenvalue weighted by Gasteiger charge is -2.38. The van der Waals surface area contributed by atoms with Crippen LogP contribution in [0.5, 0.6) is 0 Å². The molecule has 0 aromatic heterocycles. The van der Waals surface area contributed by atoms with Crippen LogP contribution in [0.25, 0.3) is 0 Å². The second-order valence-electron chi connectivity index (χ2n) is 6.62. The monoisotopic (exact) mass is 236 g/mol. The van der Waals surface area contributed by atoms with Gasteiger partial charge in [-0.15, -0.1) is 0 Å². The summed E-state index contributed by atoms with van der Waals surface area (Å²) < 4.78 is 0. The summed E-state index contributed by atoms with van der Waals surface area (Å²) in [7, 11) is 0. The van der Waals surface area contributed by atoms with Crippen molar-refractivity contribution in [2.45, 2.75) is 64.0 Å². The van der Waals surface area contributed by atoms with Gasteiger partial charge in [0.05, 0.1) is 0 Å². The molecule has 1 aliphatic heterocycles. The Hall–Kier alpha value is -0.0800. The molecule has 0 spiro atoms. The Morgan fingerprint density at radius 3 is 2.53 bits per heavy atom. The fourth-order valence-corrected chi connectivity index (χ4v) is 3.40. The molecule has 3 fully saturated rings. The molecule has 1 heterocycles. The van der Waals surface area contributed by atoms with Crippen LogP contribution in [0.15, 0.2) is 0 Å². The largest absolute Gasteiger partial charge is 0.312 e. The predicted octanol–water partition coefficient (Wildman–Crippen LogP) is 2.64. The Morgan fingerprint density at radius 1 is 1.06 bits per heavy atom. The standard InChI is InChI=1S/C15H28N2/c1-2-3-13-8-14(16-9-12-4-5-12)11-17(10-13)15-6-7-15/h12-16H,2-11H2,1H3. The van der Waals surface area contributed by atoms with Gasteiger partial charge >= 0.3 is 0 Å². The highest BCUT2D eigenvalue weighted by Gasteiger charge is 2.36. The zero-order valence-electron chi connectivity index (χ0n) is 11.3. The maximum absolute atomic E-state index is 3.84. The molecule has 98 valence electrons. The molecule has 2 heteroatoms. The van der Waals surface area contributed by atoms with Crippen LogP contribution in [-0.4, -0.2) is 36.6 Å². The quantitative estimate of drug-likeness (QED) is 0.763. The third-order valence-corrected chi connectivity index (χ3v) is 4.72. The molecule has 2 saturated carbocycles. The van der Waals surface area contributed by atoms with E-state index in [1.165, 1.54) is 64.6 Å². The second kappa shape index (κ2) is 5.27. The van der Waals surface area contributed by atoms with E-state index in [1.54, 1.807) is 0 Å². The third-order valence-electron chi connectivity index (χ3n) is 4.72. The minimum Gasteiger partial charge on any atom is -0.312 e. The van der Waals surface area contributed by atoms with Gasteiger partial charge in [0.1, 0.15) is 0 Å². The van der Waals surface area contributed by atoms with Gasteiger partial charge in [-0.2, -0.15) is 0 Å². The number of nitrogens with zero attached hydrogens (tertiary/aromatic N) is 1. The molecule has 0 amide bonds. The fourth-order valence-electron chi connectivity index (χ4n) is 3.40. The molecule has 3 aliphatic rings. The highest BCUT2D eigenvalue weighted by Crippen LogP contribution is 2.33. The summed E-state index contributed by atoms with van der Waals surface area (Å²) in [5.41, 5.74) is 0. The summed E-state index contributed by atoms with van der Waals surface area (Å²) in [5, 5.41) is 3.84. The smallest absolute Gasteiger partial charge is 0.0198 e. The van der Waals surface area contributed by atoms with Crippen LogP contribution in [-0.2, 0) is 0 Å². The van der Waals surface area contributed by atoms with Crippen molar-refractivity contribution in [3.63, 3.8) is 0 Å². The predicted molar refractivity (Wildman–Crippen MR) is 72.1 cm³/mol. The molecule has 0 aromatic rings. The van der Waals surface area contributed by atoms with E-state index in [1.807, 2.05) is 0 Å². The first-order valence-corrected chi connectivity index (χ1v) is 7.82. The second-order valence-corrected chi connectivity index (χ2v) is 6.62. The number of piperidine rings is 1. The van der Waals surface area contributed by atoms with E-state index < -0.39 is 0 Å². The topological polar surface area (TPSA) is 15.3 Å². The van der Waals surface area contributed by atoms with E-state index in [4.69, 9.17) is 0 Å². The normalized spacial score (nSPS) is 35.1. The van der Waals surface area contributed by atoms with Gasteiger partial charge in [0.15, 0.2) is 0 Å². The highest BCUT2D eigenvalue weighted by molar-refractivity contribution is 4.93. The minimum absolute atomic E-state index is 0.793. The molecule has 0 radical (unpaired) electrons. The minimum atomic E-state index is 0.793. The molecule has 2 aliphatic carbocycles. The van der Waals surface area contributed by atoms with Gasteiger partial charge in [0.2, 0.25) is 0 Å². The number of hydrogen-bond acceptors (Lipinski definition) is 2. The summed E-state index contributed by atoms with van der Waals surface area (Å²) in [6.45, 7) is 6.35. The van der Waals surface area contributed by atoms with Crippen LogP contribution in [0, 0.1) is 11.8 Å². The summed E-state index contributed by atoms with van der Waals surface area (Å²) in [5.74, 6) is 1.99. The average molecular weight is 236 g/mol. The van der Waals surface area contributed by atoms with E-state index >= 15 is 0 Å². The fraction of sp³-hybridized carbons (Fsp3) is 1.00. The highest BCUT2D eigenvalue weighted by atomic mass is 15.2. The maximum Gasteiger partial charge on any atom is 0.0198 e. The number of rotatable bonds is 6. The molecule has 1 saturated heterocycles. The van der Waals surface area contributed by atoms with Crippen molar-refractivity contribution >= 4 is 0 Å². The number of nitrogens with one attached hydrogen (secondary N) is 1. The van der Waals surface area contributed by atoms with Crippen molar-refractivity contribution in [2.75, 3.05) is 19.6 Å². The van der Waals surface area contributed by atoms with Crippen molar-refractivity contribution < 1.29 is 0 Å². The van der Waals surface area contributed by atoms with E-state index in [9.17, 15) is 0 Å². The van der Waals surface area contributed by atoms with Crippen LogP contribution in [0.4, 0.5) is 0 Å². The Balaban J connectivity index is 1.49. The molecule has 2 unspecified atom stereocenters. The van der Waals surface area contributed by atoms with Crippen molar-refractivity contribution in [1.29, 1.82) is 0 Å². The Bertz CT molecular complexity index is 245. The van der Waals surface area contributed by atoms with E-state index in [-0.39, 0.29) is 0 Å². The summed E-state index contributed by atoms with van der Waals surface area (Å²) >= 11 is 0. The van der Waals surface area contributed by atoms with Gasteiger partial charge in [0, 0.05) is 25.2 Å². The van der Waals surface area contributed by atoms with E-state index in [0.717, 1.165) is 23.9 Å². The molecular formula is C15H28N2. The van der Waals surface area contributed by atoms with Gasteiger partial charge in [-0.05, 0) is 56.9 Å². The average Bonchev–Trinajstić information content (AvgIpc) is 3.17. The van der Waals surface area contributed by atoms with Gasteiger partial charge in [-0.1, -0.05) is 13.3 Å². The van der Waals surface area contributed by atoms with Crippen LogP contribution >= 0.6 is 0 Å². The zero-order chi connectivity index (χ0) is 11.7. The molecule has 0 bridgehead atoms. The first kappa shape index (κ1) is 12.0. The lowest BCUT2D eigenvalue weighted by molar-refractivity contribution is 0.128. The Labute approximate surface area is 106 Å². The lowest BCUT2D eigenvalue weighted by Crippen LogP contribution is -2.50. The van der Waals surface area contributed by atoms with Crippen LogP contribution < -0.4 is 5.32 Å². The first-order valence-electron chi connectivity index (χ1n) is 7.82. The van der Waals surface area contributed by atoms with Crippen LogP contribution in [0.3, 0.4) is 0 Å². The Kier molecular flexibility index (Phi) is 3.72. The molecule has 17 heavy (non-hydrogen) atoms. The molecule has 2 nitrogen and oxygen atoms in total. The van der Waals surface area contributed by atoms with E-state index in [0.29, 0.717) is 0 Å². The number of hydrogen-bond donors (Lipinski definition) is 1. The summed E-state index contributed by atoms with van der Waals surface area (Å²) in [6, 6.07) is 1.75. The van der Waals surface area contributed by atoms with Gasteiger partial charge < -0.3 is 5.32 Å².